The minimum Gasteiger partial charge on any atom is -0.497 e. The Balaban J connectivity index is 1.72. The zero-order chi connectivity index (χ0) is 23.3. The lowest BCUT2D eigenvalue weighted by atomic mass is 10.1. The first-order valence-electron chi connectivity index (χ1n) is 10.6. The van der Waals surface area contributed by atoms with Gasteiger partial charge in [0.25, 0.3) is 0 Å². The molecule has 0 aliphatic heterocycles. The molecule has 0 saturated heterocycles. The molecule has 7 nitrogen and oxygen atoms in total. The minimum atomic E-state index is -0.136. The van der Waals surface area contributed by atoms with Crippen LogP contribution in [0.5, 0.6) is 23.0 Å². The van der Waals surface area contributed by atoms with E-state index in [1.807, 2.05) is 30.3 Å². The van der Waals surface area contributed by atoms with Crippen LogP contribution in [0, 0.1) is 0 Å². The monoisotopic (exact) mass is 442 g/mol. The summed E-state index contributed by atoms with van der Waals surface area (Å²) in [4.78, 5) is 14.4. The Bertz CT molecular complexity index is 898. The molecule has 0 saturated carbocycles. The van der Waals surface area contributed by atoms with Crippen molar-refractivity contribution < 1.29 is 23.7 Å². The van der Waals surface area contributed by atoms with Crippen LogP contribution < -0.4 is 24.3 Å². The topological polar surface area (TPSA) is 69.3 Å². The first-order valence-corrected chi connectivity index (χ1v) is 10.6. The second kappa shape index (κ2) is 13.3. The van der Waals surface area contributed by atoms with E-state index in [1.165, 1.54) is 11.6 Å². The van der Waals surface area contributed by atoms with Crippen LogP contribution in [0.1, 0.15) is 17.5 Å². The molecule has 0 fully saturated rings. The molecule has 0 bridgehead atoms. The van der Waals surface area contributed by atoms with Crippen LogP contribution >= 0.6 is 0 Å². The lowest BCUT2D eigenvalue weighted by molar-refractivity contribution is -0.116. The fourth-order valence-electron chi connectivity index (χ4n) is 3.22. The lowest BCUT2D eigenvalue weighted by Crippen LogP contribution is -2.28. The van der Waals surface area contributed by atoms with Crippen molar-refractivity contribution in [2.45, 2.75) is 12.8 Å². The van der Waals surface area contributed by atoms with Gasteiger partial charge in [-0.2, -0.15) is 0 Å². The van der Waals surface area contributed by atoms with Crippen molar-refractivity contribution in [1.29, 1.82) is 0 Å². The van der Waals surface area contributed by atoms with Crippen molar-refractivity contribution in [2.75, 3.05) is 55.1 Å². The Morgan fingerprint density at radius 2 is 1.62 bits per heavy atom. The molecule has 1 amide bonds. The van der Waals surface area contributed by atoms with Crippen molar-refractivity contribution >= 4 is 12.0 Å². The third-order valence-corrected chi connectivity index (χ3v) is 5.10. The highest BCUT2D eigenvalue weighted by Crippen LogP contribution is 2.28. The zero-order valence-corrected chi connectivity index (χ0v) is 19.6. The highest BCUT2D eigenvalue weighted by Gasteiger charge is 2.06. The van der Waals surface area contributed by atoms with Crippen molar-refractivity contribution in [3.8, 4) is 23.0 Å². The van der Waals surface area contributed by atoms with Gasteiger partial charge in [0.05, 0.1) is 28.4 Å². The molecular formula is C25H34N2O5. The van der Waals surface area contributed by atoms with Crippen molar-refractivity contribution in [2.24, 2.45) is 0 Å². The smallest absolute Gasteiger partial charge is 0.244 e. The summed E-state index contributed by atoms with van der Waals surface area (Å²) >= 11 is 0. The molecule has 0 atom stereocenters. The molecule has 7 heteroatoms. The Labute approximate surface area is 190 Å². The summed E-state index contributed by atoms with van der Waals surface area (Å²) in [6.45, 7) is 2.42. The van der Waals surface area contributed by atoms with Crippen LogP contribution in [0.3, 0.4) is 0 Å². The van der Waals surface area contributed by atoms with E-state index in [9.17, 15) is 4.79 Å². The van der Waals surface area contributed by atoms with Crippen LogP contribution in [0.4, 0.5) is 0 Å². The van der Waals surface area contributed by atoms with E-state index < -0.39 is 0 Å². The van der Waals surface area contributed by atoms with Gasteiger partial charge in [0.1, 0.15) is 11.5 Å². The number of hydrogen-bond acceptors (Lipinski definition) is 6. The summed E-state index contributed by atoms with van der Waals surface area (Å²) in [5.74, 6) is 2.74. The second-order valence-electron chi connectivity index (χ2n) is 7.33. The molecule has 0 aromatic heterocycles. The maximum absolute atomic E-state index is 12.1. The first kappa shape index (κ1) is 25.1. The number of rotatable bonds is 13. The van der Waals surface area contributed by atoms with Crippen LogP contribution in [-0.4, -0.2) is 65.9 Å². The molecule has 0 unspecified atom stereocenters. The van der Waals surface area contributed by atoms with Gasteiger partial charge in [0.15, 0.2) is 11.5 Å². The number of carbonyl (C=O) groups is 1. The predicted molar refractivity (Wildman–Crippen MR) is 127 cm³/mol. The first-order chi connectivity index (χ1) is 15.5. The van der Waals surface area contributed by atoms with E-state index >= 15 is 0 Å². The zero-order valence-electron chi connectivity index (χ0n) is 19.6. The quantitative estimate of drug-likeness (QED) is 0.379. The number of hydrogen-bond donors (Lipinski definition) is 1. The van der Waals surface area contributed by atoms with Crippen molar-refractivity contribution in [1.82, 2.24) is 10.2 Å². The predicted octanol–water partition coefficient (Wildman–Crippen LogP) is 3.42. The van der Waals surface area contributed by atoms with Gasteiger partial charge >= 0.3 is 0 Å². The average Bonchev–Trinajstić information content (AvgIpc) is 2.83. The summed E-state index contributed by atoms with van der Waals surface area (Å²) in [6.07, 6.45) is 5.02. The van der Waals surface area contributed by atoms with E-state index in [1.54, 1.807) is 34.5 Å². The number of methoxy groups -OCH3 is 4. The Kier molecular flexibility index (Phi) is 10.4. The average molecular weight is 443 g/mol. The summed E-state index contributed by atoms with van der Waals surface area (Å²) < 4.78 is 21.2. The third-order valence-electron chi connectivity index (χ3n) is 5.10. The lowest BCUT2D eigenvalue weighted by Gasteiger charge is -2.17. The molecule has 2 aromatic rings. The van der Waals surface area contributed by atoms with E-state index in [4.69, 9.17) is 18.9 Å². The van der Waals surface area contributed by atoms with Gasteiger partial charge in [-0.3, -0.25) is 4.79 Å². The van der Waals surface area contributed by atoms with Crippen LogP contribution in [0.25, 0.3) is 6.08 Å². The Hall–Kier alpha value is -3.19. The van der Waals surface area contributed by atoms with Crippen molar-refractivity contribution in [3.05, 3.63) is 53.6 Å². The molecule has 0 heterocycles. The molecule has 2 aromatic carbocycles. The van der Waals surface area contributed by atoms with Crippen molar-refractivity contribution in [3.63, 3.8) is 0 Å². The van der Waals surface area contributed by atoms with E-state index in [-0.39, 0.29) is 5.91 Å². The van der Waals surface area contributed by atoms with Gasteiger partial charge < -0.3 is 29.2 Å². The third kappa shape index (κ3) is 7.81. The standard InChI is InChI=1S/C25H34N2O5/c1-27(16-13-19-7-10-23(31-4)24(17-19)32-5)15-6-14-26-25(28)12-8-20-18-21(29-2)9-11-22(20)30-3/h7-12,17-18H,6,13-16H2,1-5H3,(H,26,28). The number of nitrogens with one attached hydrogen (secondary N) is 1. The number of carbonyl (C=O) groups excluding carboxylic acids is 1. The molecule has 32 heavy (non-hydrogen) atoms. The van der Waals surface area contributed by atoms with Crippen LogP contribution in [0.2, 0.25) is 0 Å². The van der Waals surface area contributed by atoms with Gasteiger partial charge in [0.2, 0.25) is 5.91 Å². The highest BCUT2D eigenvalue weighted by atomic mass is 16.5. The van der Waals surface area contributed by atoms with E-state index in [0.717, 1.165) is 43.0 Å². The Morgan fingerprint density at radius 1 is 0.906 bits per heavy atom. The normalized spacial score (nSPS) is 10.9. The molecule has 2 rings (SSSR count). The van der Waals surface area contributed by atoms with E-state index in [0.29, 0.717) is 18.0 Å². The maximum Gasteiger partial charge on any atom is 0.244 e. The molecule has 174 valence electrons. The fraction of sp³-hybridized carbons (Fsp3) is 0.400. The van der Waals surface area contributed by atoms with Gasteiger partial charge in [0, 0.05) is 24.7 Å². The SMILES string of the molecule is COc1ccc(OC)c(C=CC(=O)NCCCN(C)CCc2ccc(OC)c(OC)c2)c1. The molecule has 0 radical (unpaired) electrons. The summed E-state index contributed by atoms with van der Waals surface area (Å²) in [6, 6.07) is 11.5. The Morgan fingerprint density at radius 3 is 2.31 bits per heavy atom. The number of amides is 1. The largest absolute Gasteiger partial charge is 0.497 e. The summed E-state index contributed by atoms with van der Waals surface area (Å²) in [5.41, 5.74) is 1.98. The minimum absolute atomic E-state index is 0.136. The second-order valence-corrected chi connectivity index (χ2v) is 7.33. The number of likely N-dealkylation sites (N-methyl/N-ethyl adjacent to an activating group) is 1. The van der Waals surface area contributed by atoms with E-state index in [2.05, 4.69) is 23.3 Å². The van der Waals surface area contributed by atoms with Gasteiger partial charge in [-0.1, -0.05) is 6.07 Å². The summed E-state index contributed by atoms with van der Waals surface area (Å²) in [7, 11) is 8.56. The van der Waals surface area contributed by atoms with Crippen LogP contribution in [0.15, 0.2) is 42.5 Å². The number of nitrogens with zero attached hydrogens (tertiary/aromatic N) is 1. The van der Waals surface area contributed by atoms with Gasteiger partial charge in [-0.25, -0.2) is 0 Å². The summed E-state index contributed by atoms with van der Waals surface area (Å²) in [5, 5.41) is 2.92. The molecule has 1 N–H and O–H groups in total. The molecule has 0 aliphatic carbocycles. The molecular weight excluding hydrogens is 408 g/mol. The van der Waals surface area contributed by atoms with Gasteiger partial charge in [-0.05, 0) is 68.4 Å². The molecule has 0 aliphatic rings. The fourth-order valence-corrected chi connectivity index (χ4v) is 3.22. The highest BCUT2D eigenvalue weighted by molar-refractivity contribution is 5.92. The molecule has 0 spiro atoms. The maximum atomic E-state index is 12.1. The van der Waals surface area contributed by atoms with Crippen LogP contribution in [-0.2, 0) is 11.2 Å². The van der Waals surface area contributed by atoms with Gasteiger partial charge in [-0.15, -0.1) is 0 Å². The number of benzene rings is 2. The number of ether oxygens (including phenoxy) is 4.